The summed E-state index contributed by atoms with van der Waals surface area (Å²) < 4.78 is 10.4. The molecule has 0 saturated heterocycles. The van der Waals surface area contributed by atoms with E-state index in [1.54, 1.807) is 56.7 Å². The van der Waals surface area contributed by atoms with E-state index in [0.29, 0.717) is 17.2 Å². The maximum absolute atomic E-state index is 11.9. The molecule has 0 aromatic heterocycles. The molecule has 3 N–H and O–H groups in total. The average Bonchev–Trinajstić information content (AvgIpc) is 2.59. The Bertz CT molecular complexity index is 805. The largest absolute Gasteiger partial charge is 0.508 e. The van der Waals surface area contributed by atoms with Gasteiger partial charge in [-0.25, -0.2) is 0 Å². The standard InChI is InChI=1S/C18H18N2O4S/c1-23-15-8-6-12(10-16(15)24-2)7-9-17(22)20-18(25)19-13-4-3-5-14(21)11-13/h3-11,21H,1-2H3,(H2,19,20,22,25). The number of thiocarbonyl (C=S) groups is 1. The number of hydrogen-bond acceptors (Lipinski definition) is 5. The van der Waals surface area contributed by atoms with Gasteiger partial charge in [0.05, 0.1) is 14.2 Å². The van der Waals surface area contributed by atoms with Crippen LogP contribution in [0.1, 0.15) is 5.56 Å². The molecule has 2 aromatic rings. The Hall–Kier alpha value is -3.06. The number of methoxy groups -OCH3 is 2. The fourth-order valence-corrected chi connectivity index (χ4v) is 2.25. The number of phenols is 1. The molecule has 7 heteroatoms. The summed E-state index contributed by atoms with van der Waals surface area (Å²) in [7, 11) is 3.10. The Morgan fingerprint density at radius 3 is 2.56 bits per heavy atom. The van der Waals surface area contributed by atoms with Gasteiger partial charge in [-0.05, 0) is 48.1 Å². The van der Waals surface area contributed by atoms with Crippen molar-refractivity contribution in [2.45, 2.75) is 0 Å². The monoisotopic (exact) mass is 358 g/mol. The van der Waals surface area contributed by atoms with Gasteiger partial charge in [0.1, 0.15) is 5.75 Å². The van der Waals surface area contributed by atoms with Crippen molar-refractivity contribution in [1.29, 1.82) is 0 Å². The average molecular weight is 358 g/mol. The predicted molar refractivity (Wildman–Crippen MR) is 101 cm³/mol. The highest BCUT2D eigenvalue weighted by Gasteiger charge is 2.04. The zero-order valence-electron chi connectivity index (χ0n) is 13.8. The molecule has 0 fully saturated rings. The van der Waals surface area contributed by atoms with Crippen LogP contribution >= 0.6 is 12.2 Å². The van der Waals surface area contributed by atoms with Crippen molar-refractivity contribution in [1.82, 2.24) is 5.32 Å². The molecule has 25 heavy (non-hydrogen) atoms. The molecule has 130 valence electrons. The molecule has 0 saturated carbocycles. The van der Waals surface area contributed by atoms with Crippen LogP contribution in [0, 0.1) is 0 Å². The van der Waals surface area contributed by atoms with E-state index in [4.69, 9.17) is 21.7 Å². The Labute approximate surface area is 151 Å². The van der Waals surface area contributed by atoms with Gasteiger partial charge in [-0.3, -0.25) is 10.1 Å². The molecule has 0 atom stereocenters. The number of carbonyl (C=O) groups is 1. The third kappa shape index (κ3) is 5.50. The first kappa shape index (κ1) is 18.3. The van der Waals surface area contributed by atoms with Gasteiger partial charge in [-0.2, -0.15) is 0 Å². The van der Waals surface area contributed by atoms with Gasteiger partial charge in [0.2, 0.25) is 5.91 Å². The van der Waals surface area contributed by atoms with Gasteiger partial charge in [-0.1, -0.05) is 12.1 Å². The Kier molecular flexibility index (Phi) is 6.36. The van der Waals surface area contributed by atoms with Crippen LogP contribution in [-0.2, 0) is 4.79 Å². The van der Waals surface area contributed by atoms with Crippen LogP contribution < -0.4 is 20.1 Å². The number of nitrogens with one attached hydrogen (secondary N) is 2. The quantitative estimate of drug-likeness (QED) is 0.563. The summed E-state index contributed by atoms with van der Waals surface area (Å²) in [6, 6.07) is 11.7. The van der Waals surface area contributed by atoms with E-state index >= 15 is 0 Å². The molecule has 1 amide bonds. The minimum Gasteiger partial charge on any atom is -0.508 e. The van der Waals surface area contributed by atoms with Gasteiger partial charge in [0.25, 0.3) is 0 Å². The summed E-state index contributed by atoms with van der Waals surface area (Å²) in [6.45, 7) is 0. The lowest BCUT2D eigenvalue weighted by Gasteiger charge is -2.08. The second-order valence-electron chi connectivity index (χ2n) is 4.94. The van der Waals surface area contributed by atoms with Crippen molar-refractivity contribution in [3.63, 3.8) is 0 Å². The Morgan fingerprint density at radius 2 is 1.88 bits per heavy atom. The molecule has 0 spiro atoms. The molecule has 2 rings (SSSR count). The maximum atomic E-state index is 11.9. The molecule has 0 heterocycles. The number of rotatable bonds is 5. The lowest BCUT2D eigenvalue weighted by molar-refractivity contribution is -0.115. The summed E-state index contributed by atoms with van der Waals surface area (Å²) in [5.41, 5.74) is 1.36. The fourth-order valence-electron chi connectivity index (χ4n) is 2.03. The van der Waals surface area contributed by atoms with Gasteiger partial charge in [0.15, 0.2) is 16.6 Å². The van der Waals surface area contributed by atoms with E-state index in [1.165, 1.54) is 12.1 Å². The second kappa shape index (κ2) is 8.70. The van der Waals surface area contributed by atoms with Crippen LogP contribution in [0.15, 0.2) is 48.5 Å². The first-order chi connectivity index (χ1) is 12.0. The van der Waals surface area contributed by atoms with Crippen LogP contribution in [0.3, 0.4) is 0 Å². The maximum Gasteiger partial charge on any atom is 0.250 e. The second-order valence-corrected chi connectivity index (χ2v) is 5.35. The number of ether oxygens (including phenoxy) is 2. The highest BCUT2D eigenvalue weighted by atomic mass is 32.1. The van der Waals surface area contributed by atoms with Crippen molar-refractivity contribution < 1.29 is 19.4 Å². The topological polar surface area (TPSA) is 79.8 Å². The SMILES string of the molecule is COc1ccc(C=CC(=O)NC(=S)Nc2cccc(O)c2)cc1OC. The summed E-state index contributed by atoms with van der Waals surface area (Å²) in [6.07, 6.45) is 2.99. The van der Waals surface area contributed by atoms with Crippen molar-refractivity contribution in [3.8, 4) is 17.2 Å². The minimum absolute atomic E-state index is 0.104. The molecule has 0 aliphatic rings. The number of phenolic OH excluding ortho intramolecular Hbond substituents is 1. The highest BCUT2D eigenvalue weighted by molar-refractivity contribution is 7.80. The van der Waals surface area contributed by atoms with Gasteiger partial charge < -0.3 is 19.9 Å². The Morgan fingerprint density at radius 1 is 1.12 bits per heavy atom. The number of aromatic hydroxyl groups is 1. The molecule has 6 nitrogen and oxygen atoms in total. The third-order valence-electron chi connectivity index (χ3n) is 3.18. The lowest BCUT2D eigenvalue weighted by Crippen LogP contribution is -2.32. The molecule has 0 radical (unpaired) electrons. The van der Waals surface area contributed by atoms with Crippen LogP contribution in [0.2, 0.25) is 0 Å². The molecule has 0 unspecified atom stereocenters. The highest BCUT2D eigenvalue weighted by Crippen LogP contribution is 2.27. The number of amides is 1. The number of carbonyl (C=O) groups excluding carboxylic acids is 1. The molecule has 2 aromatic carbocycles. The van der Waals surface area contributed by atoms with Crippen molar-refractivity contribution in [3.05, 3.63) is 54.1 Å². The van der Waals surface area contributed by atoms with Gasteiger partial charge in [-0.15, -0.1) is 0 Å². The third-order valence-corrected chi connectivity index (χ3v) is 3.38. The number of anilines is 1. The number of benzene rings is 2. The van der Waals surface area contributed by atoms with Gasteiger partial charge in [0, 0.05) is 17.8 Å². The first-order valence-corrected chi connectivity index (χ1v) is 7.73. The van der Waals surface area contributed by atoms with E-state index in [0.717, 1.165) is 5.56 Å². The predicted octanol–water partition coefficient (Wildman–Crippen LogP) is 2.94. The normalized spacial score (nSPS) is 10.3. The molecule has 0 aliphatic carbocycles. The van der Waals surface area contributed by atoms with E-state index in [-0.39, 0.29) is 16.8 Å². The zero-order valence-corrected chi connectivity index (χ0v) is 14.6. The van der Waals surface area contributed by atoms with Crippen molar-refractivity contribution in [2.24, 2.45) is 0 Å². The van der Waals surface area contributed by atoms with Crippen LogP contribution in [-0.4, -0.2) is 30.3 Å². The summed E-state index contributed by atoms with van der Waals surface area (Å²) in [5.74, 6) is 0.909. The van der Waals surface area contributed by atoms with E-state index < -0.39 is 0 Å². The minimum atomic E-state index is -0.382. The van der Waals surface area contributed by atoms with Crippen LogP contribution in [0.25, 0.3) is 6.08 Å². The Balaban J connectivity index is 1.95. The molecule has 0 bridgehead atoms. The zero-order chi connectivity index (χ0) is 18.2. The molecular formula is C18H18N2O4S. The van der Waals surface area contributed by atoms with E-state index in [9.17, 15) is 9.90 Å². The van der Waals surface area contributed by atoms with Crippen LogP contribution in [0.4, 0.5) is 5.69 Å². The van der Waals surface area contributed by atoms with Crippen molar-refractivity contribution in [2.75, 3.05) is 19.5 Å². The van der Waals surface area contributed by atoms with Gasteiger partial charge >= 0.3 is 0 Å². The number of hydrogen-bond donors (Lipinski definition) is 3. The summed E-state index contributed by atoms with van der Waals surface area (Å²) >= 11 is 5.06. The van der Waals surface area contributed by atoms with Crippen molar-refractivity contribution >= 4 is 35.0 Å². The summed E-state index contributed by atoms with van der Waals surface area (Å²) in [4.78, 5) is 11.9. The lowest BCUT2D eigenvalue weighted by atomic mass is 10.2. The fraction of sp³-hybridized carbons (Fsp3) is 0.111. The summed E-state index contributed by atoms with van der Waals surface area (Å²) in [5, 5.41) is 14.9. The van der Waals surface area contributed by atoms with E-state index in [2.05, 4.69) is 10.6 Å². The molecular weight excluding hydrogens is 340 g/mol. The van der Waals surface area contributed by atoms with Crippen LogP contribution in [0.5, 0.6) is 17.2 Å². The smallest absolute Gasteiger partial charge is 0.250 e. The molecule has 0 aliphatic heterocycles. The van der Waals surface area contributed by atoms with E-state index in [1.807, 2.05) is 0 Å². The first-order valence-electron chi connectivity index (χ1n) is 7.33.